The number of pyridine rings is 1. The van der Waals surface area contributed by atoms with E-state index in [9.17, 15) is 4.39 Å². The summed E-state index contributed by atoms with van der Waals surface area (Å²) in [6.07, 6.45) is 10.4. The summed E-state index contributed by atoms with van der Waals surface area (Å²) < 4.78 is 14.1. The maximum Gasteiger partial charge on any atom is 0.123 e. The highest BCUT2D eigenvalue weighted by Gasteiger charge is 2.29. The zero-order valence-electron chi connectivity index (χ0n) is 17.0. The number of halogens is 1. The molecule has 1 aromatic carbocycles. The Kier molecular flexibility index (Phi) is 5.52. The summed E-state index contributed by atoms with van der Waals surface area (Å²) in [7, 11) is 0. The van der Waals surface area contributed by atoms with Crippen LogP contribution >= 0.6 is 0 Å². The molecule has 1 aliphatic carbocycles. The van der Waals surface area contributed by atoms with Crippen LogP contribution in [0.15, 0.2) is 70.6 Å². The summed E-state index contributed by atoms with van der Waals surface area (Å²) in [5, 5.41) is 8.79. The van der Waals surface area contributed by atoms with Gasteiger partial charge in [-0.3, -0.25) is 9.98 Å². The van der Waals surface area contributed by atoms with Gasteiger partial charge in [0, 0.05) is 40.7 Å². The number of nitrogens with zero attached hydrogens (tertiary/aromatic N) is 2. The Hall–Kier alpha value is -2.88. The van der Waals surface area contributed by atoms with Gasteiger partial charge < -0.3 is 5.41 Å². The van der Waals surface area contributed by atoms with Gasteiger partial charge in [-0.25, -0.2) is 4.39 Å². The van der Waals surface area contributed by atoms with E-state index in [2.05, 4.69) is 18.0 Å². The Labute approximate surface area is 171 Å². The van der Waals surface area contributed by atoms with Crippen LogP contribution in [0, 0.1) is 11.2 Å². The molecular weight excluding hydrogens is 361 g/mol. The van der Waals surface area contributed by atoms with Gasteiger partial charge in [-0.15, -0.1) is 0 Å². The minimum absolute atomic E-state index is 0.145. The molecule has 1 aliphatic heterocycles. The Morgan fingerprint density at radius 3 is 2.79 bits per heavy atom. The minimum atomic E-state index is -0.249. The number of aliphatic imine (C=N–C) groups is 1. The van der Waals surface area contributed by atoms with Crippen LogP contribution in [0.25, 0.3) is 11.1 Å². The van der Waals surface area contributed by atoms with Gasteiger partial charge in [0.1, 0.15) is 5.82 Å². The van der Waals surface area contributed by atoms with Gasteiger partial charge >= 0.3 is 0 Å². The van der Waals surface area contributed by atoms with Gasteiger partial charge in [0.05, 0.1) is 0 Å². The molecule has 0 saturated heterocycles. The molecule has 0 bridgehead atoms. The van der Waals surface area contributed by atoms with Gasteiger partial charge in [0.2, 0.25) is 0 Å². The first-order valence-corrected chi connectivity index (χ1v) is 10.2. The van der Waals surface area contributed by atoms with Crippen LogP contribution in [-0.4, -0.2) is 16.4 Å². The zero-order chi connectivity index (χ0) is 20.4. The first-order chi connectivity index (χ1) is 14.0. The molecule has 4 rings (SSSR count). The third kappa shape index (κ3) is 4.12. The van der Waals surface area contributed by atoms with E-state index in [4.69, 9.17) is 10.4 Å². The number of nitrogens with one attached hydrogen (secondary N) is 1. The van der Waals surface area contributed by atoms with Crippen LogP contribution in [-0.2, 0) is 0 Å². The van der Waals surface area contributed by atoms with Crippen molar-refractivity contribution in [3.63, 3.8) is 0 Å². The van der Waals surface area contributed by atoms with E-state index in [0.29, 0.717) is 12.1 Å². The van der Waals surface area contributed by atoms with Crippen LogP contribution in [0.4, 0.5) is 4.39 Å². The summed E-state index contributed by atoms with van der Waals surface area (Å²) in [4.78, 5) is 8.97. The highest BCUT2D eigenvalue weighted by Crippen LogP contribution is 2.42. The summed E-state index contributed by atoms with van der Waals surface area (Å²) in [5.74, 6) is -0.103. The van der Waals surface area contributed by atoms with E-state index in [1.807, 2.05) is 25.1 Å². The molecule has 29 heavy (non-hydrogen) atoms. The molecule has 0 radical (unpaired) electrons. The largest absolute Gasteiger partial charge is 0.305 e. The topological polar surface area (TPSA) is 49.1 Å². The fourth-order valence-corrected chi connectivity index (χ4v) is 4.53. The highest BCUT2D eigenvalue weighted by atomic mass is 19.1. The molecule has 1 fully saturated rings. The molecular formula is C25H26FN3. The third-order valence-electron chi connectivity index (χ3n) is 5.82. The number of aromatic nitrogens is 1. The lowest BCUT2D eigenvalue weighted by Gasteiger charge is -2.30. The summed E-state index contributed by atoms with van der Waals surface area (Å²) >= 11 is 0. The quantitative estimate of drug-likeness (QED) is 0.618. The number of benzene rings is 1. The molecule has 2 aliphatic rings. The molecule has 0 amide bonds. The number of hydrogen-bond acceptors (Lipinski definition) is 3. The molecule has 1 unspecified atom stereocenters. The molecule has 2 aromatic rings. The van der Waals surface area contributed by atoms with E-state index in [0.717, 1.165) is 59.4 Å². The average molecular weight is 388 g/mol. The molecule has 2 heterocycles. The van der Waals surface area contributed by atoms with Gasteiger partial charge in [-0.2, -0.15) is 0 Å². The van der Waals surface area contributed by atoms with Crippen LogP contribution in [0.2, 0.25) is 0 Å². The molecule has 3 nitrogen and oxygen atoms in total. The minimum Gasteiger partial charge on any atom is -0.305 e. The van der Waals surface area contributed by atoms with Crippen molar-refractivity contribution < 1.29 is 4.39 Å². The van der Waals surface area contributed by atoms with Crippen LogP contribution < -0.4 is 0 Å². The Morgan fingerprint density at radius 1 is 1.14 bits per heavy atom. The van der Waals surface area contributed by atoms with E-state index in [-0.39, 0.29) is 11.7 Å². The van der Waals surface area contributed by atoms with Crippen LogP contribution in [0.1, 0.15) is 57.4 Å². The van der Waals surface area contributed by atoms with Gasteiger partial charge in [0.15, 0.2) is 0 Å². The van der Waals surface area contributed by atoms with Crippen molar-refractivity contribution in [1.29, 1.82) is 5.41 Å². The SMILES string of the molecule is CC1=N/C(C)=C2/C(=N)CC(c3ccc(F)cc3-c3cccnc3)C/C2=C\CCC1. The summed E-state index contributed by atoms with van der Waals surface area (Å²) in [6.45, 7) is 4.09. The second-order valence-electron chi connectivity index (χ2n) is 7.99. The van der Waals surface area contributed by atoms with E-state index in [1.54, 1.807) is 18.5 Å². The maximum absolute atomic E-state index is 14.1. The van der Waals surface area contributed by atoms with Crippen molar-refractivity contribution >= 4 is 11.4 Å². The number of allylic oxidation sites excluding steroid dienone is 4. The summed E-state index contributed by atoms with van der Waals surface area (Å²) in [6, 6.07) is 8.84. The van der Waals surface area contributed by atoms with E-state index in [1.165, 1.54) is 11.6 Å². The Bertz CT molecular complexity index is 1030. The smallest absolute Gasteiger partial charge is 0.123 e. The molecule has 1 atom stereocenters. The van der Waals surface area contributed by atoms with E-state index < -0.39 is 0 Å². The Balaban J connectivity index is 1.77. The Morgan fingerprint density at radius 2 is 2.00 bits per heavy atom. The molecule has 1 saturated carbocycles. The fourth-order valence-electron chi connectivity index (χ4n) is 4.53. The lowest BCUT2D eigenvalue weighted by atomic mass is 9.74. The van der Waals surface area contributed by atoms with Crippen LogP contribution in [0.3, 0.4) is 0 Å². The van der Waals surface area contributed by atoms with Crippen molar-refractivity contribution in [2.45, 2.75) is 51.9 Å². The second-order valence-corrected chi connectivity index (χ2v) is 7.99. The molecule has 1 aromatic heterocycles. The van der Waals surface area contributed by atoms with Crippen molar-refractivity contribution in [3.05, 3.63) is 77.0 Å². The van der Waals surface area contributed by atoms with Gasteiger partial charge in [-0.05, 0) is 86.8 Å². The first kappa shape index (κ1) is 19.4. The lowest BCUT2D eigenvalue weighted by molar-refractivity contribution is 0.624. The molecule has 0 spiro atoms. The fraction of sp³-hybridized carbons (Fsp3) is 0.320. The normalized spacial score (nSPS) is 24.5. The summed E-state index contributed by atoms with van der Waals surface area (Å²) in [5.41, 5.74) is 7.80. The molecule has 148 valence electrons. The second kappa shape index (κ2) is 8.24. The van der Waals surface area contributed by atoms with Crippen molar-refractivity contribution in [3.8, 4) is 11.1 Å². The maximum atomic E-state index is 14.1. The highest BCUT2D eigenvalue weighted by molar-refractivity contribution is 6.04. The third-order valence-corrected chi connectivity index (χ3v) is 5.82. The van der Waals surface area contributed by atoms with Gasteiger partial charge in [0.25, 0.3) is 0 Å². The predicted molar refractivity (Wildman–Crippen MR) is 117 cm³/mol. The molecule has 1 N–H and O–H groups in total. The van der Waals surface area contributed by atoms with Crippen molar-refractivity contribution in [1.82, 2.24) is 4.98 Å². The van der Waals surface area contributed by atoms with Gasteiger partial charge in [-0.1, -0.05) is 18.2 Å². The standard InChI is InChI=1S/C25H26FN3/c1-16-6-3-4-7-18-12-20(13-24(27)25(18)17(2)29-16)22-10-9-21(26)14-23(22)19-8-5-11-28-15-19/h5,7-11,14-15,20,27H,3-4,6,12-13H2,1-2H3/b18-7+,25-17+,27-24?,29-16?. The molecule has 4 heteroatoms. The number of hydrogen-bond donors (Lipinski definition) is 1. The predicted octanol–water partition coefficient (Wildman–Crippen LogP) is 6.63. The average Bonchev–Trinajstić information content (AvgIpc) is 2.77. The van der Waals surface area contributed by atoms with Crippen molar-refractivity contribution in [2.75, 3.05) is 0 Å². The lowest BCUT2D eigenvalue weighted by Crippen LogP contribution is -2.20. The number of rotatable bonds is 2. The zero-order valence-corrected chi connectivity index (χ0v) is 17.0. The van der Waals surface area contributed by atoms with Crippen molar-refractivity contribution in [2.24, 2.45) is 4.99 Å². The van der Waals surface area contributed by atoms with E-state index >= 15 is 0 Å². The monoisotopic (exact) mass is 387 g/mol. The first-order valence-electron chi connectivity index (χ1n) is 10.2. The number of fused-ring (bicyclic) bond motifs is 1. The van der Waals surface area contributed by atoms with Crippen LogP contribution in [0.5, 0.6) is 0 Å².